The van der Waals surface area contributed by atoms with Crippen molar-refractivity contribution in [2.75, 3.05) is 18.7 Å². The van der Waals surface area contributed by atoms with Crippen LogP contribution in [0.5, 0.6) is 11.5 Å². The Morgan fingerprint density at radius 2 is 1.67 bits per heavy atom. The number of hydrogen-bond donors (Lipinski definition) is 2. The van der Waals surface area contributed by atoms with Gasteiger partial charge in [-0.2, -0.15) is 0 Å². The number of rotatable bonds is 6. The van der Waals surface area contributed by atoms with Crippen LogP contribution in [0.4, 0.5) is 23.7 Å². The molecule has 0 aliphatic heterocycles. The molecule has 2 amide bonds. The van der Waals surface area contributed by atoms with Crippen LogP contribution in [0.2, 0.25) is 0 Å². The van der Waals surface area contributed by atoms with E-state index in [1.165, 1.54) is 0 Å². The van der Waals surface area contributed by atoms with Crippen molar-refractivity contribution < 1.29 is 27.4 Å². The molecular weight excluding hydrogens is 325 g/mol. The SMILES string of the molecule is CCOc1ccccc1OCNC(=O)Nc1ccc(F)c(F)c1F. The van der Waals surface area contributed by atoms with Crippen LogP contribution in [0.15, 0.2) is 36.4 Å². The fraction of sp³-hybridized carbons (Fsp3) is 0.188. The fourth-order valence-electron chi connectivity index (χ4n) is 1.81. The molecule has 0 unspecified atom stereocenters. The number of anilines is 1. The standard InChI is InChI=1S/C16H15F3N2O3/c1-2-23-12-5-3-4-6-13(12)24-9-20-16(22)21-11-8-7-10(17)14(18)15(11)19/h3-8H,2,9H2,1H3,(H2,20,21,22). The van der Waals surface area contributed by atoms with Crippen molar-refractivity contribution in [1.29, 1.82) is 0 Å². The van der Waals surface area contributed by atoms with Crippen LogP contribution in [-0.2, 0) is 0 Å². The third-order valence-electron chi connectivity index (χ3n) is 2.89. The van der Waals surface area contributed by atoms with Crippen LogP contribution in [0, 0.1) is 17.5 Å². The van der Waals surface area contributed by atoms with Crippen molar-refractivity contribution in [1.82, 2.24) is 5.32 Å². The zero-order chi connectivity index (χ0) is 17.5. The summed E-state index contributed by atoms with van der Waals surface area (Å²) in [6.45, 7) is 2.03. The summed E-state index contributed by atoms with van der Waals surface area (Å²) in [4.78, 5) is 11.6. The first kappa shape index (κ1) is 17.5. The van der Waals surface area contributed by atoms with Crippen LogP contribution in [0.3, 0.4) is 0 Å². The predicted molar refractivity (Wildman–Crippen MR) is 81.6 cm³/mol. The highest BCUT2D eigenvalue weighted by molar-refractivity contribution is 5.89. The number of ether oxygens (including phenoxy) is 2. The molecule has 0 aliphatic rings. The second kappa shape index (κ2) is 8.09. The number of urea groups is 1. The van der Waals surface area contributed by atoms with E-state index in [9.17, 15) is 18.0 Å². The van der Waals surface area contributed by atoms with E-state index in [1.807, 2.05) is 6.92 Å². The van der Waals surface area contributed by atoms with Crippen molar-refractivity contribution in [2.45, 2.75) is 6.92 Å². The molecule has 128 valence electrons. The molecule has 2 aromatic rings. The van der Waals surface area contributed by atoms with Gasteiger partial charge in [0.25, 0.3) is 0 Å². The van der Waals surface area contributed by atoms with E-state index in [1.54, 1.807) is 24.3 Å². The summed E-state index contributed by atoms with van der Waals surface area (Å²) in [5, 5.41) is 4.36. The molecule has 0 bridgehead atoms. The summed E-state index contributed by atoms with van der Waals surface area (Å²) in [7, 11) is 0. The van der Waals surface area contributed by atoms with E-state index in [-0.39, 0.29) is 6.73 Å². The zero-order valence-corrected chi connectivity index (χ0v) is 12.7. The number of carbonyl (C=O) groups excluding carboxylic acids is 1. The number of carbonyl (C=O) groups is 1. The Morgan fingerprint density at radius 1 is 1.00 bits per heavy atom. The first-order valence-electron chi connectivity index (χ1n) is 7.06. The number of halogens is 3. The minimum Gasteiger partial charge on any atom is -0.490 e. The molecule has 0 saturated carbocycles. The smallest absolute Gasteiger partial charge is 0.321 e. The Morgan fingerprint density at radius 3 is 2.33 bits per heavy atom. The molecule has 24 heavy (non-hydrogen) atoms. The Hall–Kier alpha value is -2.90. The van der Waals surface area contributed by atoms with Gasteiger partial charge in [0, 0.05) is 0 Å². The molecule has 2 aromatic carbocycles. The van der Waals surface area contributed by atoms with Gasteiger partial charge in [0.1, 0.15) is 0 Å². The lowest BCUT2D eigenvalue weighted by atomic mass is 10.3. The maximum atomic E-state index is 13.4. The highest BCUT2D eigenvalue weighted by atomic mass is 19.2. The van der Waals surface area contributed by atoms with Gasteiger partial charge < -0.3 is 20.1 Å². The number of nitrogens with one attached hydrogen (secondary N) is 2. The monoisotopic (exact) mass is 340 g/mol. The minimum atomic E-state index is -1.66. The number of hydrogen-bond acceptors (Lipinski definition) is 3. The second-order valence-corrected chi connectivity index (χ2v) is 4.52. The lowest BCUT2D eigenvalue weighted by Crippen LogP contribution is -2.32. The molecule has 0 atom stereocenters. The normalized spacial score (nSPS) is 10.2. The third-order valence-corrected chi connectivity index (χ3v) is 2.89. The van der Waals surface area contributed by atoms with Gasteiger partial charge in [0.2, 0.25) is 0 Å². The average molecular weight is 340 g/mol. The number of amides is 2. The Kier molecular flexibility index (Phi) is 5.89. The quantitative estimate of drug-likeness (QED) is 0.623. The molecule has 0 aromatic heterocycles. The third kappa shape index (κ3) is 4.31. The van der Waals surface area contributed by atoms with Gasteiger partial charge in [-0.05, 0) is 31.2 Å². The minimum absolute atomic E-state index is 0.235. The first-order chi connectivity index (χ1) is 11.5. The Labute approximate surface area is 136 Å². The molecule has 2 rings (SSSR count). The van der Waals surface area contributed by atoms with Crippen molar-refractivity contribution in [3.8, 4) is 11.5 Å². The van der Waals surface area contributed by atoms with Crippen molar-refractivity contribution in [2.24, 2.45) is 0 Å². The van der Waals surface area contributed by atoms with Crippen LogP contribution in [0.25, 0.3) is 0 Å². The highest BCUT2D eigenvalue weighted by Crippen LogP contribution is 2.26. The van der Waals surface area contributed by atoms with Crippen molar-refractivity contribution >= 4 is 11.7 Å². The average Bonchev–Trinajstić information content (AvgIpc) is 2.57. The van der Waals surface area contributed by atoms with Crippen molar-refractivity contribution in [3.05, 3.63) is 53.8 Å². The summed E-state index contributed by atoms with van der Waals surface area (Å²) in [6, 6.07) is 7.64. The molecule has 0 heterocycles. The molecule has 0 fully saturated rings. The van der Waals surface area contributed by atoms with Crippen LogP contribution in [-0.4, -0.2) is 19.4 Å². The van der Waals surface area contributed by atoms with E-state index in [0.29, 0.717) is 24.2 Å². The van der Waals surface area contributed by atoms with Gasteiger partial charge in [-0.1, -0.05) is 12.1 Å². The summed E-state index contributed by atoms with van der Waals surface area (Å²) in [6.07, 6.45) is 0. The van der Waals surface area contributed by atoms with Crippen molar-refractivity contribution in [3.63, 3.8) is 0 Å². The lowest BCUT2D eigenvalue weighted by molar-refractivity contribution is 0.229. The van der Waals surface area contributed by atoms with Gasteiger partial charge in [0.15, 0.2) is 35.7 Å². The maximum absolute atomic E-state index is 13.4. The van der Waals surface area contributed by atoms with Gasteiger partial charge in [0.05, 0.1) is 12.3 Å². The number of benzene rings is 2. The van der Waals surface area contributed by atoms with Gasteiger partial charge >= 0.3 is 6.03 Å². The molecule has 2 N–H and O–H groups in total. The van der Waals surface area contributed by atoms with Gasteiger partial charge in [-0.15, -0.1) is 0 Å². The molecule has 0 spiro atoms. The topological polar surface area (TPSA) is 59.6 Å². The zero-order valence-electron chi connectivity index (χ0n) is 12.7. The molecular formula is C16H15F3N2O3. The highest BCUT2D eigenvalue weighted by Gasteiger charge is 2.15. The molecule has 8 heteroatoms. The Bertz CT molecular complexity index is 726. The Balaban J connectivity index is 1.89. The molecule has 0 aliphatic carbocycles. The largest absolute Gasteiger partial charge is 0.490 e. The van der Waals surface area contributed by atoms with E-state index >= 15 is 0 Å². The second-order valence-electron chi connectivity index (χ2n) is 4.52. The summed E-state index contributed by atoms with van der Waals surface area (Å²) in [5.74, 6) is -3.55. The van der Waals surface area contributed by atoms with E-state index < -0.39 is 29.2 Å². The van der Waals surface area contributed by atoms with Gasteiger partial charge in [-0.3, -0.25) is 0 Å². The summed E-state index contributed by atoms with van der Waals surface area (Å²) in [5.41, 5.74) is -0.485. The van der Waals surface area contributed by atoms with Crippen LogP contribution >= 0.6 is 0 Å². The molecule has 5 nitrogen and oxygen atoms in total. The summed E-state index contributed by atoms with van der Waals surface area (Å²) < 4.78 is 50.0. The lowest BCUT2D eigenvalue weighted by Gasteiger charge is -2.13. The first-order valence-corrected chi connectivity index (χ1v) is 7.06. The van der Waals surface area contributed by atoms with E-state index in [4.69, 9.17) is 9.47 Å². The van der Waals surface area contributed by atoms with E-state index in [2.05, 4.69) is 10.6 Å². The van der Waals surface area contributed by atoms with E-state index in [0.717, 1.165) is 6.07 Å². The number of para-hydroxylation sites is 2. The van der Waals surface area contributed by atoms with Crippen LogP contribution < -0.4 is 20.1 Å². The van der Waals surface area contributed by atoms with Gasteiger partial charge in [-0.25, -0.2) is 18.0 Å². The molecule has 0 saturated heterocycles. The maximum Gasteiger partial charge on any atom is 0.321 e. The molecule has 0 radical (unpaired) electrons. The fourth-order valence-corrected chi connectivity index (χ4v) is 1.81. The predicted octanol–water partition coefficient (Wildman–Crippen LogP) is 3.66. The van der Waals surface area contributed by atoms with Crippen LogP contribution in [0.1, 0.15) is 6.92 Å². The summed E-state index contributed by atoms with van der Waals surface area (Å²) >= 11 is 0.